The van der Waals surface area contributed by atoms with Crippen molar-refractivity contribution in [3.8, 4) is 0 Å². The molecular formula is C21H20F3NO5S. The highest BCUT2D eigenvalue weighted by atomic mass is 32.2. The second kappa shape index (κ2) is 8.33. The standard InChI is InChI=1S/C21H20F3NO5S/c1-13-8-10-15(11-9-13)31(28,29)25-17(14-6-4-3-5-7-14)12-16(21(22,23)24)18(19(25)26)20(27)30-2/h3-11,16-18H,12H2,1-2H3/t16-,17+,18+/m0/s1. The predicted molar refractivity (Wildman–Crippen MR) is 104 cm³/mol. The lowest BCUT2D eigenvalue weighted by molar-refractivity contribution is -0.211. The van der Waals surface area contributed by atoms with Crippen molar-refractivity contribution >= 4 is 21.9 Å². The molecule has 3 atom stereocenters. The van der Waals surface area contributed by atoms with E-state index in [0.717, 1.165) is 12.7 Å². The number of hydrogen-bond donors (Lipinski definition) is 0. The maximum absolute atomic E-state index is 13.8. The summed E-state index contributed by atoms with van der Waals surface area (Å²) in [5.41, 5.74) is 0.970. The molecule has 0 spiro atoms. The van der Waals surface area contributed by atoms with Gasteiger partial charge in [0.15, 0.2) is 0 Å². The lowest BCUT2D eigenvalue weighted by atomic mass is 9.80. The van der Waals surface area contributed by atoms with Crippen molar-refractivity contribution < 1.29 is 35.9 Å². The minimum Gasteiger partial charge on any atom is -0.468 e. The number of sulfonamides is 1. The van der Waals surface area contributed by atoms with E-state index in [4.69, 9.17) is 0 Å². The molecule has 1 saturated heterocycles. The van der Waals surface area contributed by atoms with Gasteiger partial charge >= 0.3 is 12.1 Å². The van der Waals surface area contributed by atoms with Crippen molar-refractivity contribution in [3.05, 3.63) is 65.7 Å². The molecule has 0 saturated carbocycles. The first-order chi connectivity index (χ1) is 14.5. The molecule has 6 nitrogen and oxygen atoms in total. The normalized spacial score (nSPS) is 22.3. The minimum absolute atomic E-state index is 0.212. The van der Waals surface area contributed by atoms with E-state index >= 15 is 0 Å². The molecule has 1 heterocycles. The van der Waals surface area contributed by atoms with Crippen LogP contribution in [0.3, 0.4) is 0 Å². The van der Waals surface area contributed by atoms with Crippen LogP contribution in [0.1, 0.15) is 23.6 Å². The van der Waals surface area contributed by atoms with Gasteiger partial charge in [-0.2, -0.15) is 13.2 Å². The summed E-state index contributed by atoms with van der Waals surface area (Å²) in [6.07, 6.45) is -5.72. The highest BCUT2D eigenvalue weighted by molar-refractivity contribution is 7.89. The van der Waals surface area contributed by atoms with Crippen molar-refractivity contribution in [2.75, 3.05) is 7.11 Å². The number of carbonyl (C=O) groups is 2. The average molecular weight is 455 g/mol. The van der Waals surface area contributed by atoms with Gasteiger partial charge in [-0.3, -0.25) is 9.59 Å². The van der Waals surface area contributed by atoms with Crippen LogP contribution in [0.15, 0.2) is 59.5 Å². The number of methoxy groups -OCH3 is 1. The number of piperidine rings is 1. The number of rotatable bonds is 4. The number of aryl methyl sites for hydroxylation is 1. The van der Waals surface area contributed by atoms with Crippen LogP contribution in [0, 0.1) is 18.8 Å². The molecule has 0 unspecified atom stereocenters. The number of carbonyl (C=O) groups excluding carboxylic acids is 2. The summed E-state index contributed by atoms with van der Waals surface area (Å²) in [5.74, 6) is -7.59. The van der Waals surface area contributed by atoms with Crippen LogP contribution in [0.2, 0.25) is 0 Å². The summed E-state index contributed by atoms with van der Waals surface area (Å²) >= 11 is 0. The summed E-state index contributed by atoms with van der Waals surface area (Å²) in [7, 11) is -3.71. The molecule has 1 aliphatic rings. The monoisotopic (exact) mass is 455 g/mol. The van der Waals surface area contributed by atoms with Crippen molar-refractivity contribution in [2.45, 2.75) is 30.5 Å². The molecule has 10 heteroatoms. The van der Waals surface area contributed by atoms with E-state index in [1.54, 1.807) is 13.0 Å². The van der Waals surface area contributed by atoms with Gasteiger partial charge in [-0.25, -0.2) is 12.7 Å². The molecule has 0 aliphatic carbocycles. The Morgan fingerprint density at radius 3 is 2.16 bits per heavy atom. The van der Waals surface area contributed by atoms with Gasteiger partial charge in [0.25, 0.3) is 15.9 Å². The maximum Gasteiger partial charge on any atom is 0.393 e. The fraction of sp³-hybridized carbons (Fsp3) is 0.333. The third kappa shape index (κ3) is 4.30. The van der Waals surface area contributed by atoms with E-state index in [9.17, 15) is 31.2 Å². The summed E-state index contributed by atoms with van der Waals surface area (Å²) in [5, 5.41) is 0. The quantitative estimate of drug-likeness (QED) is 0.520. The Balaban J connectivity index is 2.20. The molecule has 31 heavy (non-hydrogen) atoms. The van der Waals surface area contributed by atoms with E-state index in [1.165, 1.54) is 48.5 Å². The maximum atomic E-state index is 13.8. The summed E-state index contributed by atoms with van der Waals surface area (Å²) in [4.78, 5) is 25.1. The molecular weight excluding hydrogens is 435 g/mol. The van der Waals surface area contributed by atoms with Crippen LogP contribution in [0.25, 0.3) is 0 Å². The Hall–Kier alpha value is -2.88. The fourth-order valence-corrected chi connectivity index (χ4v) is 5.31. The van der Waals surface area contributed by atoms with Crippen LogP contribution in [0.5, 0.6) is 0 Å². The SMILES string of the molecule is COC(=O)[C@H]1C(=O)N(S(=O)(=O)c2ccc(C)cc2)[C@@H](c2ccccc2)C[C@@H]1C(F)(F)F. The molecule has 166 valence electrons. The number of ether oxygens (including phenoxy) is 1. The Kier molecular flexibility index (Phi) is 6.13. The molecule has 1 aliphatic heterocycles. The van der Waals surface area contributed by atoms with E-state index in [-0.39, 0.29) is 10.5 Å². The largest absolute Gasteiger partial charge is 0.468 e. The van der Waals surface area contributed by atoms with Gasteiger partial charge in [-0.05, 0) is 31.0 Å². The van der Waals surface area contributed by atoms with E-state index in [2.05, 4.69) is 4.74 Å². The summed E-state index contributed by atoms with van der Waals surface area (Å²) in [6, 6.07) is 11.7. The lowest BCUT2D eigenvalue weighted by Crippen LogP contribution is -2.55. The molecule has 2 aromatic carbocycles. The van der Waals surface area contributed by atoms with Gasteiger partial charge in [0.05, 0.1) is 24.0 Å². The van der Waals surface area contributed by atoms with Crippen molar-refractivity contribution in [1.29, 1.82) is 0 Å². The molecule has 0 N–H and O–H groups in total. The first kappa shape index (κ1) is 22.8. The van der Waals surface area contributed by atoms with Gasteiger partial charge in [0.2, 0.25) is 0 Å². The lowest BCUT2D eigenvalue weighted by Gasteiger charge is -2.42. The van der Waals surface area contributed by atoms with E-state index in [1.807, 2.05) is 0 Å². The van der Waals surface area contributed by atoms with Gasteiger partial charge in [-0.1, -0.05) is 48.0 Å². The zero-order valence-electron chi connectivity index (χ0n) is 16.7. The van der Waals surface area contributed by atoms with Crippen LogP contribution in [0.4, 0.5) is 13.2 Å². The summed E-state index contributed by atoms with van der Waals surface area (Å²) in [6.45, 7) is 1.73. The fourth-order valence-electron chi connectivity index (χ4n) is 3.71. The Morgan fingerprint density at radius 1 is 1.06 bits per heavy atom. The van der Waals surface area contributed by atoms with E-state index < -0.39 is 52.4 Å². The van der Waals surface area contributed by atoms with Gasteiger partial charge in [0, 0.05) is 0 Å². The zero-order valence-corrected chi connectivity index (χ0v) is 17.5. The molecule has 1 fully saturated rings. The number of nitrogens with zero attached hydrogens (tertiary/aromatic N) is 1. The number of benzene rings is 2. The number of hydrogen-bond acceptors (Lipinski definition) is 5. The van der Waals surface area contributed by atoms with Crippen LogP contribution < -0.4 is 0 Å². The number of alkyl halides is 3. The number of amides is 1. The summed E-state index contributed by atoms with van der Waals surface area (Å²) < 4.78 is 73.0. The smallest absolute Gasteiger partial charge is 0.393 e. The minimum atomic E-state index is -4.92. The predicted octanol–water partition coefficient (Wildman–Crippen LogP) is 3.63. The van der Waals surface area contributed by atoms with Gasteiger partial charge in [0.1, 0.15) is 5.92 Å². The molecule has 0 aromatic heterocycles. The van der Waals surface area contributed by atoms with Crippen molar-refractivity contribution in [3.63, 3.8) is 0 Å². The van der Waals surface area contributed by atoms with Crippen LogP contribution >= 0.6 is 0 Å². The van der Waals surface area contributed by atoms with E-state index in [0.29, 0.717) is 4.31 Å². The van der Waals surface area contributed by atoms with Crippen molar-refractivity contribution in [2.24, 2.45) is 11.8 Å². The van der Waals surface area contributed by atoms with Gasteiger partial charge in [-0.15, -0.1) is 0 Å². The van der Waals surface area contributed by atoms with Crippen LogP contribution in [-0.2, 0) is 24.3 Å². The molecule has 2 aromatic rings. The number of esters is 1. The molecule has 1 amide bonds. The topological polar surface area (TPSA) is 80.8 Å². The Labute approximate surface area is 177 Å². The highest BCUT2D eigenvalue weighted by Crippen LogP contribution is 2.47. The molecule has 0 radical (unpaired) electrons. The molecule has 0 bridgehead atoms. The highest BCUT2D eigenvalue weighted by Gasteiger charge is 2.59. The number of halogens is 3. The first-order valence-electron chi connectivity index (χ1n) is 9.33. The molecule has 3 rings (SSSR count). The van der Waals surface area contributed by atoms with Gasteiger partial charge < -0.3 is 4.74 Å². The second-order valence-corrected chi connectivity index (χ2v) is 9.08. The Morgan fingerprint density at radius 2 is 1.65 bits per heavy atom. The third-order valence-corrected chi connectivity index (χ3v) is 7.10. The second-order valence-electron chi connectivity index (χ2n) is 7.26. The van der Waals surface area contributed by atoms with Crippen LogP contribution in [-0.4, -0.2) is 37.9 Å². The zero-order chi connectivity index (χ0) is 23.0. The van der Waals surface area contributed by atoms with Crippen molar-refractivity contribution in [1.82, 2.24) is 4.31 Å². The first-order valence-corrected chi connectivity index (χ1v) is 10.8. The Bertz CT molecular complexity index is 1070. The average Bonchev–Trinajstić information content (AvgIpc) is 2.72. The third-order valence-electron chi connectivity index (χ3n) is 5.28.